The topological polar surface area (TPSA) is 34.4 Å². The molecule has 0 saturated heterocycles. The molecule has 0 aliphatic rings. The molecule has 0 amide bonds. The lowest BCUT2D eigenvalue weighted by Gasteiger charge is -2.09. The van der Waals surface area contributed by atoms with Crippen molar-refractivity contribution in [1.82, 2.24) is 4.57 Å². The molecule has 3 nitrogen and oxygen atoms in total. The maximum absolute atomic E-state index is 10.2. The maximum atomic E-state index is 10.2. The number of rotatable bonds is 4. The highest BCUT2D eigenvalue weighted by molar-refractivity contribution is 5.89. The van der Waals surface area contributed by atoms with E-state index in [2.05, 4.69) is 24.6 Å². The van der Waals surface area contributed by atoms with E-state index in [0.717, 1.165) is 27.8 Å². The zero-order valence-electron chi connectivity index (χ0n) is 13.2. The Balaban J connectivity index is 1.98. The van der Waals surface area contributed by atoms with Crippen LogP contribution in [0.25, 0.3) is 10.9 Å². The molecule has 1 heterocycles. The molecule has 2 aromatic carbocycles. The van der Waals surface area contributed by atoms with Crippen LogP contribution in [-0.4, -0.2) is 9.67 Å². The lowest BCUT2D eigenvalue weighted by atomic mass is 10.1. The van der Waals surface area contributed by atoms with Gasteiger partial charge in [0, 0.05) is 23.2 Å². The second kappa shape index (κ2) is 5.76. The summed E-state index contributed by atoms with van der Waals surface area (Å²) in [5.74, 6) is 1.21. The van der Waals surface area contributed by atoms with Crippen LogP contribution in [0.2, 0.25) is 0 Å². The molecule has 0 saturated carbocycles. The van der Waals surface area contributed by atoms with E-state index < -0.39 is 0 Å². The molecule has 0 aliphatic heterocycles. The number of aryl methyl sites for hydroxylation is 1. The third kappa shape index (κ3) is 2.54. The molecular weight excluding hydrogens is 274 g/mol. The van der Waals surface area contributed by atoms with Crippen LogP contribution in [0.3, 0.4) is 0 Å². The number of fused-ring (bicyclic) bond motifs is 1. The summed E-state index contributed by atoms with van der Waals surface area (Å²) in [6.45, 7) is 6.75. The third-order valence-electron chi connectivity index (χ3n) is 3.95. The van der Waals surface area contributed by atoms with Gasteiger partial charge < -0.3 is 14.4 Å². The summed E-state index contributed by atoms with van der Waals surface area (Å²) in [4.78, 5) is 0. The Morgan fingerprint density at radius 1 is 1.09 bits per heavy atom. The molecule has 3 aromatic rings. The van der Waals surface area contributed by atoms with Gasteiger partial charge in [0.1, 0.15) is 18.1 Å². The van der Waals surface area contributed by atoms with Gasteiger partial charge in [0.15, 0.2) is 0 Å². The van der Waals surface area contributed by atoms with E-state index in [1.165, 1.54) is 0 Å². The molecule has 0 bridgehead atoms. The maximum Gasteiger partial charge on any atom is 0.139 e. The summed E-state index contributed by atoms with van der Waals surface area (Å²) in [6.07, 6.45) is 2.08. The molecule has 3 rings (SSSR count). The average molecular weight is 295 g/mol. The smallest absolute Gasteiger partial charge is 0.139 e. The van der Waals surface area contributed by atoms with E-state index in [0.29, 0.717) is 12.4 Å². The highest BCUT2D eigenvalue weighted by Gasteiger charge is 2.14. The van der Waals surface area contributed by atoms with Gasteiger partial charge in [-0.1, -0.05) is 30.3 Å². The summed E-state index contributed by atoms with van der Waals surface area (Å²) in [6, 6.07) is 13.9. The first-order chi connectivity index (χ1) is 10.6. The van der Waals surface area contributed by atoms with Crippen LogP contribution < -0.4 is 4.74 Å². The van der Waals surface area contributed by atoms with Gasteiger partial charge in [-0.15, -0.1) is 0 Å². The molecule has 1 aromatic heterocycles. The zero-order valence-corrected chi connectivity index (χ0v) is 13.2. The molecule has 0 radical (unpaired) electrons. The molecule has 0 aliphatic carbocycles. The van der Waals surface area contributed by atoms with Crippen molar-refractivity contribution in [3.05, 3.63) is 59.8 Å². The quantitative estimate of drug-likeness (QED) is 0.749. The van der Waals surface area contributed by atoms with Gasteiger partial charge >= 0.3 is 0 Å². The molecule has 0 fully saturated rings. The minimum atomic E-state index is 0.281. The molecule has 22 heavy (non-hydrogen) atoms. The van der Waals surface area contributed by atoms with Crippen LogP contribution in [0.15, 0.2) is 48.7 Å². The first-order valence-electron chi connectivity index (χ1n) is 7.57. The second-order valence-electron chi connectivity index (χ2n) is 5.88. The molecule has 0 spiro atoms. The van der Waals surface area contributed by atoms with Crippen LogP contribution in [0.1, 0.15) is 31.0 Å². The molecule has 0 unspecified atom stereocenters. The second-order valence-corrected chi connectivity index (χ2v) is 5.88. The van der Waals surface area contributed by atoms with E-state index >= 15 is 0 Å². The number of ether oxygens (including phenoxy) is 1. The molecular formula is C19H21NO2. The number of benzene rings is 2. The zero-order chi connectivity index (χ0) is 15.7. The highest BCUT2D eigenvalue weighted by Crippen LogP contribution is 2.32. The van der Waals surface area contributed by atoms with Gasteiger partial charge in [0.2, 0.25) is 0 Å². The number of para-hydroxylation sites is 2. The van der Waals surface area contributed by atoms with Crippen LogP contribution >= 0.6 is 0 Å². The van der Waals surface area contributed by atoms with Gasteiger partial charge in [0.05, 0.1) is 5.52 Å². The molecule has 0 atom stereocenters. The Labute approximate surface area is 130 Å². The fourth-order valence-electron chi connectivity index (χ4n) is 2.76. The van der Waals surface area contributed by atoms with E-state index in [9.17, 15) is 5.11 Å². The largest absolute Gasteiger partial charge is 0.506 e. The number of phenols is 1. The van der Waals surface area contributed by atoms with Crippen molar-refractivity contribution >= 4 is 10.9 Å². The van der Waals surface area contributed by atoms with Crippen molar-refractivity contribution in [2.45, 2.75) is 33.4 Å². The summed E-state index contributed by atoms with van der Waals surface area (Å²) in [7, 11) is 0. The number of aromatic hydroxyl groups is 1. The number of aromatic nitrogens is 1. The SMILES string of the molecule is Cc1ccccc1OCc1cn(C(C)C)c2c(O)cccc12. The number of hydrogen-bond acceptors (Lipinski definition) is 2. The van der Waals surface area contributed by atoms with Crippen molar-refractivity contribution < 1.29 is 9.84 Å². The lowest BCUT2D eigenvalue weighted by molar-refractivity contribution is 0.305. The van der Waals surface area contributed by atoms with Crippen molar-refractivity contribution in [2.24, 2.45) is 0 Å². The first kappa shape index (κ1) is 14.5. The predicted molar refractivity (Wildman–Crippen MR) is 89.5 cm³/mol. The fraction of sp³-hybridized carbons (Fsp3) is 0.263. The molecule has 1 N–H and O–H groups in total. The van der Waals surface area contributed by atoms with Crippen molar-refractivity contribution in [1.29, 1.82) is 0 Å². The van der Waals surface area contributed by atoms with E-state index in [-0.39, 0.29) is 6.04 Å². The van der Waals surface area contributed by atoms with E-state index in [4.69, 9.17) is 4.74 Å². The molecule has 3 heteroatoms. The fourth-order valence-corrected chi connectivity index (χ4v) is 2.76. The van der Waals surface area contributed by atoms with Gasteiger partial charge in [-0.2, -0.15) is 0 Å². The monoisotopic (exact) mass is 295 g/mol. The van der Waals surface area contributed by atoms with Gasteiger partial charge in [-0.3, -0.25) is 0 Å². The summed E-state index contributed by atoms with van der Waals surface area (Å²) < 4.78 is 8.07. The standard InChI is InChI=1S/C19H21NO2/c1-13(2)20-11-15(16-8-6-9-17(21)19(16)20)12-22-18-10-5-4-7-14(18)3/h4-11,13,21H,12H2,1-3H3. The Hall–Kier alpha value is -2.42. The highest BCUT2D eigenvalue weighted by atomic mass is 16.5. The summed E-state index contributed by atoms with van der Waals surface area (Å²) >= 11 is 0. The molecule has 114 valence electrons. The van der Waals surface area contributed by atoms with Crippen molar-refractivity contribution in [3.8, 4) is 11.5 Å². The van der Waals surface area contributed by atoms with Crippen molar-refractivity contribution in [2.75, 3.05) is 0 Å². The number of phenolic OH excluding ortho intramolecular Hbond substituents is 1. The van der Waals surface area contributed by atoms with Gasteiger partial charge in [0.25, 0.3) is 0 Å². The number of nitrogens with zero attached hydrogens (tertiary/aromatic N) is 1. The summed E-state index contributed by atoms with van der Waals surface area (Å²) in [5, 5.41) is 11.2. The Morgan fingerprint density at radius 2 is 1.86 bits per heavy atom. The average Bonchev–Trinajstić information content (AvgIpc) is 2.87. The third-order valence-corrected chi connectivity index (χ3v) is 3.95. The minimum absolute atomic E-state index is 0.281. The predicted octanol–water partition coefficient (Wildman–Crippen LogP) is 4.82. The minimum Gasteiger partial charge on any atom is -0.506 e. The van der Waals surface area contributed by atoms with Crippen LogP contribution in [0, 0.1) is 6.92 Å². The van der Waals surface area contributed by atoms with Crippen LogP contribution in [0.5, 0.6) is 11.5 Å². The Morgan fingerprint density at radius 3 is 2.59 bits per heavy atom. The Bertz CT molecular complexity index is 802. The first-order valence-corrected chi connectivity index (χ1v) is 7.57. The van der Waals surface area contributed by atoms with Gasteiger partial charge in [-0.05, 0) is 38.5 Å². The van der Waals surface area contributed by atoms with Crippen LogP contribution in [-0.2, 0) is 6.61 Å². The van der Waals surface area contributed by atoms with E-state index in [1.54, 1.807) is 6.07 Å². The van der Waals surface area contributed by atoms with E-state index in [1.807, 2.05) is 43.3 Å². The van der Waals surface area contributed by atoms with Crippen LogP contribution in [0.4, 0.5) is 0 Å². The Kier molecular flexibility index (Phi) is 3.80. The summed E-state index contributed by atoms with van der Waals surface area (Å²) in [5.41, 5.74) is 3.08. The number of hydrogen-bond donors (Lipinski definition) is 1. The normalized spacial score (nSPS) is 11.3. The van der Waals surface area contributed by atoms with Crippen molar-refractivity contribution in [3.63, 3.8) is 0 Å². The van der Waals surface area contributed by atoms with Gasteiger partial charge in [-0.25, -0.2) is 0 Å². The lowest BCUT2D eigenvalue weighted by Crippen LogP contribution is -1.99.